The number of nitrogens with zero attached hydrogens (tertiary/aromatic N) is 1. The molecule has 0 aliphatic carbocycles. The highest BCUT2D eigenvalue weighted by atomic mass is 32.2. The highest BCUT2D eigenvalue weighted by molar-refractivity contribution is 7.99. The molecule has 1 aliphatic heterocycles. The van der Waals surface area contributed by atoms with Gasteiger partial charge in [0.15, 0.2) is 0 Å². The number of hydrogen-bond acceptors (Lipinski definition) is 3. The van der Waals surface area contributed by atoms with Crippen LogP contribution in [0.15, 0.2) is 30.3 Å². The van der Waals surface area contributed by atoms with Crippen LogP contribution in [0.1, 0.15) is 18.0 Å². The highest BCUT2D eigenvalue weighted by Crippen LogP contribution is 2.16. The van der Waals surface area contributed by atoms with Crippen LogP contribution in [-0.2, 0) is 4.79 Å². The molecule has 1 aromatic carbocycles. The van der Waals surface area contributed by atoms with Gasteiger partial charge in [-0.1, -0.05) is 30.3 Å². The van der Waals surface area contributed by atoms with E-state index >= 15 is 0 Å². The zero-order valence-corrected chi connectivity index (χ0v) is 10.7. The molecule has 0 saturated carbocycles. The molecule has 1 fully saturated rings. The fourth-order valence-electron chi connectivity index (χ4n) is 1.97. The average molecular weight is 250 g/mol. The molecule has 4 heteroatoms. The molecule has 1 saturated heterocycles. The van der Waals surface area contributed by atoms with Gasteiger partial charge >= 0.3 is 0 Å². The topological polar surface area (TPSA) is 46.3 Å². The average Bonchev–Trinajstić information content (AvgIpc) is 2.67. The molecule has 1 aliphatic rings. The lowest BCUT2D eigenvalue weighted by Gasteiger charge is -2.23. The van der Waals surface area contributed by atoms with Crippen molar-refractivity contribution in [3.8, 4) is 0 Å². The zero-order chi connectivity index (χ0) is 12.1. The van der Waals surface area contributed by atoms with Crippen molar-refractivity contribution in [2.75, 3.05) is 24.6 Å². The van der Waals surface area contributed by atoms with E-state index in [-0.39, 0.29) is 5.91 Å². The standard InChI is InChI=1S/C13H18N2OS/c14-12(11-5-2-1-3-6-11)13(16)15-7-4-9-17-10-8-15/h1-3,5-6,12H,4,7-10,14H2/t12-/m1/s1. The summed E-state index contributed by atoms with van der Waals surface area (Å²) in [4.78, 5) is 14.1. The summed E-state index contributed by atoms with van der Waals surface area (Å²) in [6.45, 7) is 1.66. The predicted molar refractivity (Wildman–Crippen MR) is 71.9 cm³/mol. The number of nitrogens with two attached hydrogens (primary N) is 1. The second-order valence-electron chi connectivity index (χ2n) is 4.18. The van der Waals surface area contributed by atoms with Gasteiger partial charge in [-0.25, -0.2) is 0 Å². The third-order valence-corrected chi connectivity index (χ3v) is 4.01. The van der Waals surface area contributed by atoms with E-state index in [4.69, 9.17) is 5.73 Å². The van der Waals surface area contributed by atoms with Crippen LogP contribution >= 0.6 is 11.8 Å². The summed E-state index contributed by atoms with van der Waals surface area (Å²) in [5, 5.41) is 0. The number of carbonyl (C=O) groups excluding carboxylic acids is 1. The molecule has 0 spiro atoms. The van der Waals surface area contributed by atoms with Gasteiger partial charge in [0, 0.05) is 18.8 Å². The summed E-state index contributed by atoms with van der Waals surface area (Å²) in [6.07, 6.45) is 1.07. The number of thioether (sulfide) groups is 1. The van der Waals surface area contributed by atoms with Crippen LogP contribution < -0.4 is 5.73 Å². The quantitative estimate of drug-likeness (QED) is 0.868. The first kappa shape index (κ1) is 12.5. The first-order chi connectivity index (χ1) is 8.29. The van der Waals surface area contributed by atoms with E-state index in [0.717, 1.165) is 36.6 Å². The van der Waals surface area contributed by atoms with Gasteiger partial charge in [-0.15, -0.1) is 0 Å². The van der Waals surface area contributed by atoms with Crippen molar-refractivity contribution < 1.29 is 4.79 Å². The highest BCUT2D eigenvalue weighted by Gasteiger charge is 2.22. The van der Waals surface area contributed by atoms with Crippen molar-refractivity contribution in [1.82, 2.24) is 4.90 Å². The van der Waals surface area contributed by atoms with Crippen molar-refractivity contribution in [1.29, 1.82) is 0 Å². The van der Waals surface area contributed by atoms with E-state index in [1.165, 1.54) is 0 Å². The minimum Gasteiger partial charge on any atom is -0.340 e. The second kappa shape index (κ2) is 6.07. The largest absolute Gasteiger partial charge is 0.340 e. The third kappa shape index (κ3) is 3.23. The van der Waals surface area contributed by atoms with E-state index in [9.17, 15) is 4.79 Å². The lowest BCUT2D eigenvalue weighted by atomic mass is 10.1. The van der Waals surface area contributed by atoms with Gasteiger partial charge in [-0.05, 0) is 17.7 Å². The van der Waals surface area contributed by atoms with Crippen LogP contribution in [0.2, 0.25) is 0 Å². The molecule has 3 nitrogen and oxygen atoms in total. The van der Waals surface area contributed by atoms with Crippen molar-refractivity contribution >= 4 is 17.7 Å². The first-order valence-corrected chi connectivity index (χ1v) is 7.11. The molecule has 0 radical (unpaired) electrons. The third-order valence-electron chi connectivity index (χ3n) is 2.96. The fraction of sp³-hybridized carbons (Fsp3) is 0.462. The summed E-state index contributed by atoms with van der Waals surface area (Å²) in [7, 11) is 0. The van der Waals surface area contributed by atoms with Crippen LogP contribution in [0.5, 0.6) is 0 Å². The molecule has 0 bridgehead atoms. The van der Waals surface area contributed by atoms with Gasteiger partial charge < -0.3 is 10.6 Å². The Labute approximate surface area is 106 Å². The summed E-state index contributed by atoms with van der Waals surface area (Å²) >= 11 is 1.91. The molecule has 0 unspecified atom stereocenters. The molecule has 1 aromatic rings. The predicted octanol–water partition coefficient (Wildman–Crippen LogP) is 1.65. The van der Waals surface area contributed by atoms with Gasteiger partial charge in [-0.3, -0.25) is 4.79 Å². The number of benzene rings is 1. The first-order valence-electron chi connectivity index (χ1n) is 5.96. The van der Waals surface area contributed by atoms with E-state index in [1.807, 2.05) is 47.0 Å². The molecule has 92 valence electrons. The maximum atomic E-state index is 12.2. The lowest BCUT2D eigenvalue weighted by Crippen LogP contribution is -2.39. The summed E-state index contributed by atoms with van der Waals surface area (Å²) in [6, 6.07) is 9.08. The Morgan fingerprint density at radius 2 is 2.00 bits per heavy atom. The van der Waals surface area contributed by atoms with Crippen molar-refractivity contribution in [2.45, 2.75) is 12.5 Å². The van der Waals surface area contributed by atoms with E-state index < -0.39 is 6.04 Å². The molecule has 1 heterocycles. The van der Waals surface area contributed by atoms with Gasteiger partial charge in [-0.2, -0.15) is 11.8 Å². The zero-order valence-electron chi connectivity index (χ0n) is 9.84. The summed E-state index contributed by atoms with van der Waals surface area (Å²) in [5.41, 5.74) is 6.92. The number of amides is 1. The fourth-order valence-corrected chi connectivity index (χ4v) is 2.85. The van der Waals surface area contributed by atoms with Crippen molar-refractivity contribution in [3.63, 3.8) is 0 Å². The Bertz CT molecular complexity index is 361. The smallest absolute Gasteiger partial charge is 0.244 e. The number of rotatable bonds is 2. The van der Waals surface area contributed by atoms with Gasteiger partial charge in [0.2, 0.25) is 5.91 Å². The molecule has 17 heavy (non-hydrogen) atoms. The normalized spacial score (nSPS) is 18.5. The Morgan fingerprint density at radius 3 is 2.76 bits per heavy atom. The Hall–Kier alpha value is -1.00. The number of carbonyl (C=O) groups is 1. The minimum absolute atomic E-state index is 0.0544. The van der Waals surface area contributed by atoms with Crippen molar-refractivity contribution in [3.05, 3.63) is 35.9 Å². The van der Waals surface area contributed by atoms with E-state index in [1.54, 1.807) is 0 Å². The van der Waals surface area contributed by atoms with Gasteiger partial charge in [0.05, 0.1) is 0 Å². The molecule has 2 rings (SSSR count). The Kier molecular flexibility index (Phi) is 4.45. The van der Waals surface area contributed by atoms with Crippen LogP contribution in [-0.4, -0.2) is 35.4 Å². The van der Waals surface area contributed by atoms with E-state index in [0.29, 0.717) is 0 Å². The monoisotopic (exact) mass is 250 g/mol. The van der Waals surface area contributed by atoms with Crippen molar-refractivity contribution in [2.24, 2.45) is 5.73 Å². The molecule has 0 aromatic heterocycles. The molecule has 2 N–H and O–H groups in total. The Balaban J connectivity index is 2.03. The van der Waals surface area contributed by atoms with E-state index in [2.05, 4.69) is 0 Å². The van der Waals surface area contributed by atoms with Crippen LogP contribution in [0.4, 0.5) is 0 Å². The summed E-state index contributed by atoms with van der Waals surface area (Å²) < 4.78 is 0. The van der Waals surface area contributed by atoms with Crippen LogP contribution in [0.25, 0.3) is 0 Å². The number of hydrogen-bond donors (Lipinski definition) is 1. The molecular formula is C13H18N2OS. The molecule has 1 amide bonds. The minimum atomic E-state index is -0.515. The maximum Gasteiger partial charge on any atom is 0.244 e. The molecule has 1 atom stereocenters. The van der Waals surface area contributed by atoms with Crippen LogP contribution in [0, 0.1) is 0 Å². The second-order valence-corrected chi connectivity index (χ2v) is 5.40. The molecular weight excluding hydrogens is 232 g/mol. The van der Waals surface area contributed by atoms with Gasteiger partial charge in [0.25, 0.3) is 0 Å². The Morgan fingerprint density at radius 1 is 1.24 bits per heavy atom. The van der Waals surface area contributed by atoms with Crippen LogP contribution in [0.3, 0.4) is 0 Å². The SMILES string of the molecule is N[C@@H](C(=O)N1CCCSCC1)c1ccccc1. The van der Waals surface area contributed by atoms with Gasteiger partial charge in [0.1, 0.15) is 6.04 Å². The maximum absolute atomic E-state index is 12.2. The lowest BCUT2D eigenvalue weighted by molar-refractivity contribution is -0.132. The summed E-state index contributed by atoms with van der Waals surface area (Å²) in [5.74, 6) is 2.22.